The number of morpholine rings is 1. The Bertz CT molecular complexity index is 722. The van der Waals surface area contributed by atoms with Gasteiger partial charge in [-0.25, -0.2) is 14.4 Å². The number of nitrogens with one attached hydrogen (secondary N) is 2. The molecule has 132 valence electrons. The second kappa shape index (κ2) is 8.39. The fraction of sp³-hybridized carbons (Fsp3) is 0.353. The van der Waals surface area contributed by atoms with Crippen LogP contribution in [-0.4, -0.2) is 55.3 Å². The third-order valence-electron chi connectivity index (χ3n) is 3.79. The monoisotopic (exact) mass is 345 g/mol. The van der Waals surface area contributed by atoms with Crippen LogP contribution >= 0.6 is 0 Å². The maximum absolute atomic E-state index is 13.1. The minimum atomic E-state index is -0.428. The summed E-state index contributed by atoms with van der Waals surface area (Å²) in [4.78, 5) is 22.5. The van der Waals surface area contributed by atoms with Crippen molar-refractivity contribution >= 4 is 17.5 Å². The molecule has 1 aromatic carbocycles. The van der Waals surface area contributed by atoms with Crippen LogP contribution in [0.1, 0.15) is 10.4 Å². The number of hydrogen-bond acceptors (Lipinski definition) is 6. The van der Waals surface area contributed by atoms with Gasteiger partial charge in [0, 0.05) is 37.8 Å². The Kier molecular flexibility index (Phi) is 5.73. The number of carbonyl (C=O) groups is 1. The van der Waals surface area contributed by atoms with Crippen molar-refractivity contribution in [2.75, 3.05) is 49.6 Å². The Morgan fingerprint density at radius 2 is 2.04 bits per heavy atom. The van der Waals surface area contributed by atoms with Crippen LogP contribution in [0, 0.1) is 5.82 Å². The van der Waals surface area contributed by atoms with E-state index in [-0.39, 0.29) is 5.91 Å². The third-order valence-corrected chi connectivity index (χ3v) is 3.79. The summed E-state index contributed by atoms with van der Waals surface area (Å²) in [5.74, 6) is 0.807. The fourth-order valence-electron chi connectivity index (χ4n) is 2.51. The minimum absolute atomic E-state index is 0.302. The van der Waals surface area contributed by atoms with E-state index < -0.39 is 5.82 Å². The minimum Gasteiger partial charge on any atom is -0.378 e. The maximum Gasteiger partial charge on any atom is 0.251 e. The van der Waals surface area contributed by atoms with E-state index in [0.29, 0.717) is 37.7 Å². The van der Waals surface area contributed by atoms with Crippen molar-refractivity contribution in [1.82, 2.24) is 15.3 Å². The van der Waals surface area contributed by atoms with Crippen LogP contribution in [0.2, 0.25) is 0 Å². The largest absolute Gasteiger partial charge is 0.378 e. The van der Waals surface area contributed by atoms with Gasteiger partial charge in [-0.1, -0.05) is 6.07 Å². The lowest BCUT2D eigenvalue weighted by atomic mass is 10.2. The molecular formula is C17H20FN5O2. The second-order valence-electron chi connectivity index (χ2n) is 5.55. The van der Waals surface area contributed by atoms with Crippen LogP contribution in [0.4, 0.5) is 16.0 Å². The number of nitrogens with zero attached hydrogens (tertiary/aromatic N) is 3. The van der Waals surface area contributed by atoms with E-state index in [4.69, 9.17) is 4.74 Å². The normalized spacial score (nSPS) is 14.2. The summed E-state index contributed by atoms with van der Waals surface area (Å²) in [7, 11) is 0. The highest BCUT2D eigenvalue weighted by atomic mass is 19.1. The van der Waals surface area contributed by atoms with Gasteiger partial charge in [0.2, 0.25) is 0 Å². The molecule has 0 bridgehead atoms. The predicted molar refractivity (Wildman–Crippen MR) is 92.3 cm³/mol. The standard InChI is InChI=1S/C17H20FN5O2/c18-14-3-1-2-13(10-14)17(24)20-5-4-19-15-11-16(22-12-21-15)23-6-8-25-9-7-23/h1-3,10-12H,4-9H2,(H,20,24)(H,19,21,22). The molecule has 2 heterocycles. The zero-order valence-electron chi connectivity index (χ0n) is 13.7. The molecule has 8 heteroatoms. The van der Waals surface area contributed by atoms with E-state index in [1.54, 1.807) is 6.07 Å². The number of amides is 1. The molecule has 1 aliphatic rings. The summed E-state index contributed by atoms with van der Waals surface area (Å²) in [5, 5.41) is 5.88. The first kappa shape index (κ1) is 17.1. The highest BCUT2D eigenvalue weighted by Crippen LogP contribution is 2.15. The zero-order valence-corrected chi connectivity index (χ0v) is 13.7. The molecule has 0 spiro atoms. The molecule has 1 aliphatic heterocycles. The third kappa shape index (κ3) is 4.87. The summed E-state index contributed by atoms with van der Waals surface area (Å²) < 4.78 is 18.4. The Hall–Kier alpha value is -2.74. The highest BCUT2D eigenvalue weighted by Gasteiger charge is 2.13. The van der Waals surface area contributed by atoms with Crippen LogP contribution in [0.25, 0.3) is 0 Å². The average molecular weight is 345 g/mol. The van der Waals surface area contributed by atoms with Crippen LogP contribution in [0.5, 0.6) is 0 Å². The number of anilines is 2. The quantitative estimate of drug-likeness (QED) is 0.768. The van der Waals surface area contributed by atoms with Gasteiger partial charge in [-0.3, -0.25) is 4.79 Å². The first-order chi connectivity index (χ1) is 12.2. The number of ether oxygens (including phenoxy) is 1. The van der Waals surface area contributed by atoms with Crippen molar-refractivity contribution in [2.45, 2.75) is 0 Å². The van der Waals surface area contributed by atoms with Crippen molar-refractivity contribution in [3.63, 3.8) is 0 Å². The first-order valence-corrected chi connectivity index (χ1v) is 8.15. The molecule has 2 N–H and O–H groups in total. The van der Waals surface area contributed by atoms with Gasteiger partial charge in [0.25, 0.3) is 5.91 Å². The number of benzene rings is 1. The number of rotatable bonds is 6. The maximum atomic E-state index is 13.1. The van der Waals surface area contributed by atoms with Crippen LogP contribution in [-0.2, 0) is 4.74 Å². The molecule has 25 heavy (non-hydrogen) atoms. The molecule has 0 saturated carbocycles. The topological polar surface area (TPSA) is 79.4 Å². The van der Waals surface area contributed by atoms with Crippen molar-refractivity contribution < 1.29 is 13.9 Å². The lowest BCUT2D eigenvalue weighted by Crippen LogP contribution is -2.36. The molecule has 0 unspecified atom stereocenters. The molecule has 3 rings (SSSR count). The molecule has 0 atom stereocenters. The van der Waals surface area contributed by atoms with Crippen molar-refractivity contribution in [3.8, 4) is 0 Å². The van der Waals surface area contributed by atoms with E-state index in [0.717, 1.165) is 18.9 Å². The van der Waals surface area contributed by atoms with Crippen LogP contribution < -0.4 is 15.5 Å². The summed E-state index contributed by atoms with van der Waals surface area (Å²) in [5.41, 5.74) is 0.302. The molecule has 1 aromatic heterocycles. The molecule has 2 aromatic rings. The summed E-state index contributed by atoms with van der Waals surface area (Å²) >= 11 is 0. The van der Waals surface area contributed by atoms with Crippen molar-refractivity contribution in [2.24, 2.45) is 0 Å². The second-order valence-corrected chi connectivity index (χ2v) is 5.55. The van der Waals surface area contributed by atoms with Crippen molar-refractivity contribution in [3.05, 3.63) is 48.0 Å². The summed E-state index contributed by atoms with van der Waals surface area (Å²) in [6, 6.07) is 7.47. The first-order valence-electron chi connectivity index (χ1n) is 8.15. The number of halogens is 1. The van der Waals surface area contributed by atoms with Gasteiger partial charge in [-0.05, 0) is 18.2 Å². The highest BCUT2D eigenvalue weighted by molar-refractivity contribution is 5.94. The number of aromatic nitrogens is 2. The lowest BCUT2D eigenvalue weighted by Gasteiger charge is -2.27. The zero-order chi connectivity index (χ0) is 17.5. The van der Waals surface area contributed by atoms with Crippen LogP contribution in [0.3, 0.4) is 0 Å². The molecular weight excluding hydrogens is 325 g/mol. The SMILES string of the molecule is O=C(NCCNc1cc(N2CCOCC2)ncn1)c1cccc(F)c1. The van der Waals surface area contributed by atoms with Crippen LogP contribution in [0.15, 0.2) is 36.7 Å². The van der Waals surface area contributed by atoms with Gasteiger partial charge in [-0.2, -0.15) is 0 Å². The van der Waals surface area contributed by atoms with Gasteiger partial charge in [0.05, 0.1) is 13.2 Å². The Labute approximate surface area is 145 Å². The fourth-order valence-corrected chi connectivity index (χ4v) is 2.51. The van der Waals surface area contributed by atoms with E-state index in [1.807, 2.05) is 6.07 Å². The van der Waals surface area contributed by atoms with E-state index in [1.165, 1.54) is 24.5 Å². The number of hydrogen-bond donors (Lipinski definition) is 2. The molecule has 1 amide bonds. The molecule has 1 saturated heterocycles. The Morgan fingerprint density at radius 1 is 1.20 bits per heavy atom. The Morgan fingerprint density at radius 3 is 2.84 bits per heavy atom. The van der Waals surface area contributed by atoms with Gasteiger partial charge >= 0.3 is 0 Å². The Balaban J connectivity index is 1.46. The van der Waals surface area contributed by atoms with Gasteiger partial charge in [-0.15, -0.1) is 0 Å². The molecule has 0 radical (unpaired) electrons. The van der Waals surface area contributed by atoms with E-state index in [9.17, 15) is 9.18 Å². The molecule has 7 nitrogen and oxygen atoms in total. The van der Waals surface area contributed by atoms with Gasteiger partial charge in [0.1, 0.15) is 23.8 Å². The summed E-state index contributed by atoms with van der Waals surface area (Å²) in [6.07, 6.45) is 1.51. The van der Waals surface area contributed by atoms with E-state index >= 15 is 0 Å². The molecule has 1 fully saturated rings. The van der Waals surface area contributed by atoms with Crippen molar-refractivity contribution in [1.29, 1.82) is 0 Å². The van der Waals surface area contributed by atoms with Gasteiger partial charge < -0.3 is 20.3 Å². The summed E-state index contributed by atoms with van der Waals surface area (Å²) in [6.45, 7) is 3.89. The number of carbonyl (C=O) groups excluding carboxylic acids is 1. The lowest BCUT2D eigenvalue weighted by molar-refractivity contribution is 0.0954. The smallest absolute Gasteiger partial charge is 0.251 e. The van der Waals surface area contributed by atoms with Gasteiger partial charge in [0.15, 0.2) is 0 Å². The van der Waals surface area contributed by atoms with E-state index in [2.05, 4.69) is 25.5 Å². The molecule has 0 aliphatic carbocycles. The average Bonchev–Trinajstić information content (AvgIpc) is 2.66. The predicted octanol–water partition coefficient (Wildman–Crippen LogP) is 1.29.